The molecule has 0 aliphatic carbocycles. The summed E-state index contributed by atoms with van der Waals surface area (Å²) in [6.07, 6.45) is 1.40. The van der Waals surface area contributed by atoms with E-state index in [1.54, 1.807) is 0 Å². The average Bonchev–Trinajstić information content (AvgIpc) is 2.25. The quantitative estimate of drug-likeness (QED) is 0.278. The first-order valence-corrected chi connectivity index (χ1v) is 5.75. The van der Waals surface area contributed by atoms with Crippen LogP contribution in [0.25, 0.3) is 0 Å². The van der Waals surface area contributed by atoms with Gasteiger partial charge in [-0.15, -0.1) is 0 Å². The molecule has 0 radical (unpaired) electrons. The number of carbonyl (C=O) groups is 1. The molecule has 0 saturated carbocycles. The van der Waals surface area contributed by atoms with E-state index in [1.807, 2.05) is 13.8 Å². The molecule has 0 aliphatic rings. The molecule has 5 heteroatoms. The van der Waals surface area contributed by atoms with Crippen LogP contribution in [0.5, 0.6) is 0 Å². The zero-order valence-electron chi connectivity index (χ0n) is 10.5. The number of oxime groups is 1. The Balaban J connectivity index is 4.53. The highest BCUT2D eigenvalue weighted by Gasteiger charge is 2.24. The van der Waals surface area contributed by atoms with Gasteiger partial charge in [-0.25, -0.2) is 0 Å². The third kappa shape index (κ3) is 4.08. The van der Waals surface area contributed by atoms with Crippen molar-refractivity contribution in [2.45, 2.75) is 46.6 Å². The smallest absolute Gasteiger partial charge is 0.231 e. The van der Waals surface area contributed by atoms with E-state index in [4.69, 9.17) is 10.9 Å². The number of hydrogen-bond acceptors (Lipinski definition) is 3. The molecular weight excluding hydrogens is 206 g/mol. The third-order valence-corrected chi connectivity index (χ3v) is 2.77. The molecule has 0 spiro atoms. The Labute approximate surface area is 97.1 Å². The highest BCUT2D eigenvalue weighted by molar-refractivity contribution is 6.02. The molecule has 0 saturated heterocycles. The number of nitrogens with two attached hydrogens (primary N) is 1. The molecule has 0 aliphatic heterocycles. The van der Waals surface area contributed by atoms with Gasteiger partial charge < -0.3 is 16.3 Å². The number of nitrogens with zero attached hydrogens (tertiary/aromatic N) is 1. The molecular formula is C11H23N3O2. The van der Waals surface area contributed by atoms with E-state index < -0.39 is 5.92 Å². The minimum Gasteiger partial charge on any atom is -0.409 e. The van der Waals surface area contributed by atoms with Gasteiger partial charge >= 0.3 is 0 Å². The molecule has 4 N–H and O–H groups in total. The first kappa shape index (κ1) is 14.7. The zero-order valence-corrected chi connectivity index (χ0v) is 10.5. The van der Waals surface area contributed by atoms with E-state index in [1.165, 1.54) is 0 Å². The maximum atomic E-state index is 11.9. The van der Waals surface area contributed by atoms with Crippen LogP contribution < -0.4 is 11.1 Å². The number of amides is 1. The second kappa shape index (κ2) is 7.09. The fourth-order valence-corrected chi connectivity index (χ4v) is 1.62. The summed E-state index contributed by atoms with van der Waals surface area (Å²) in [6, 6.07) is 0.132. The van der Waals surface area contributed by atoms with E-state index in [0.717, 1.165) is 6.42 Å². The van der Waals surface area contributed by atoms with Gasteiger partial charge in [0, 0.05) is 6.04 Å². The third-order valence-electron chi connectivity index (χ3n) is 2.77. The summed E-state index contributed by atoms with van der Waals surface area (Å²) in [7, 11) is 0. The molecule has 16 heavy (non-hydrogen) atoms. The fraction of sp³-hybridized carbons (Fsp3) is 0.818. The van der Waals surface area contributed by atoms with Gasteiger partial charge in [0.15, 0.2) is 5.84 Å². The van der Waals surface area contributed by atoms with Crippen LogP contribution in [0.4, 0.5) is 0 Å². The van der Waals surface area contributed by atoms with E-state index >= 15 is 0 Å². The Morgan fingerprint density at radius 1 is 1.38 bits per heavy atom. The monoisotopic (exact) mass is 229 g/mol. The number of nitrogens with one attached hydrogen (secondary N) is 1. The Morgan fingerprint density at radius 2 is 1.94 bits per heavy atom. The molecule has 1 amide bonds. The van der Waals surface area contributed by atoms with Crippen LogP contribution in [0, 0.1) is 11.8 Å². The van der Waals surface area contributed by atoms with Crippen molar-refractivity contribution in [3.8, 4) is 0 Å². The summed E-state index contributed by atoms with van der Waals surface area (Å²) < 4.78 is 0. The fourth-order valence-electron chi connectivity index (χ4n) is 1.62. The molecule has 5 nitrogen and oxygen atoms in total. The Morgan fingerprint density at radius 3 is 2.25 bits per heavy atom. The predicted molar refractivity (Wildman–Crippen MR) is 64.2 cm³/mol. The van der Waals surface area contributed by atoms with Crippen molar-refractivity contribution in [2.75, 3.05) is 0 Å². The van der Waals surface area contributed by atoms with Gasteiger partial charge in [-0.05, 0) is 18.8 Å². The largest absolute Gasteiger partial charge is 0.409 e. The van der Waals surface area contributed by atoms with Crippen LogP contribution in [-0.2, 0) is 4.79 Å². The molecule has 0 heterocycles. The highest BCUT2D eigenvalue weighted by atomic mass is 16.4. The average molecular weight is 229 g/mol. The molecule has 0 aromatic rings. The van der Waals surface area contributed by atoms with E-state index in [0.29, 0.717) is 12.3 Å². The Hall–Kier alpha value is -1.26. The molecule has 0 aromatic heterocycles. The summed E-state index contributed by atoms with van der Waals surface area (Å²) in [5.41, 5.74) is 5.46. The lowest BCUT2D eigenvalue weighted by atomic mass is 9.99. The maximum Gasteiger partial charge on any atom is 0.231 e. The summed E-state index contributed by atoms with van der Waals surface area (Å²) in [5.74, 6) is -0.367. The first-order chi connectivity index (χ1) is 7.47. The molecule has 0 fully saturated rings. The highest BCUT2D eigenvalue weighted by Crippen LogP contribution is 2.09. The van der Waals surface area contributed by atoms with Gasteiger partial charge in [0.05, 0.1) is 5.92 Å². The molecule has 0 bridgehead atoms. The molecule has 2 atom stereocenters. The molecule has 0 rings (SSSR count). The van der Waals surface area contributed by atoms with Crippen molar-refractivity contribution in [1.82, 2.24) is 5.32 Å². The minimum atomic E-state index is -0.544. The van der Waals surface area contributed by atoms with Crippen molar-refractivity contribution in [2.24, 2.45) is 22.7 Å². The van der Waals surface area contributed by atoms with Crippen molar-refractivity contribution < 1.29 is 10.0 Å². The summed E-state index contributed by atoms with van der Waals surface area (Å²) in [5, 5.41) is 14.4. The number of carbonyl (C=O) groups excluding carboxylic acids is 1. The van der Waals surface area contributed by atoms with Crippen molar-refractivity contribution in [1.29, 1.82) is 0 Å². The lowest BCUT2D eigenvalue weighted by Crippen LogP contribution is -2.45. The Kier molecular flexibility index (Phi) is 6.53. The van der Waals surface area contributed by atoms with Gasteiger partial charge in [0.25, 0.3) is 0 Å². The van der Waals surface area contributed by atoms with Crippen LogP contribution in [0.1, 0.15) is 40.5 Å². The van der Waals surface area contributed by atoms with E-state index in [2.05, 4.69) is 24.3 Å². The topological polar surface area (TPSA) is 87.7 Å². The van der Waals surface area contributed by atoms with E-state index in [-0.39, 0.29) is 17.8 Å². The van der Waals surface area contributed by atoms with Gasteiger partial charge in [0.2, 0.25) is 5.91 Å². The molecule has 2 unspecified atom stereocenters. The number of amidine groups is 1. The molecule has 0 aromatic carbocycles. The minimum absolute atomic E-state index is 0.0291. The number of hydrogen-bond donors (Lipinski definition) is 3. The van der Waals surface area contributed by atoms with Crippen LogP contribution >= 0.6 is 0 Å². The van der Waals surface area contributed by atoms with Crippen LogP contribution in [0.3, 0.4) is 0 Å². The lowest BCUT2D eigenvalue weighted by molar-refractivity contribution is -0.124. The normalized spacial score (nSPS) is 15.9. The molecule has 94 valence electrons. The van der Waals surface area contributed by atoms with E-state index in [9.17, 15) is 4.79 Å². The van der Waals surface area contributed by atoms with Gasteiger partial charge in [-0.1, -0.05) is 32.9 Å². The van der Waals surface area contributed by atoms with Crippen molar-refractivity contribution >= 4 is 11.7 Å². The summed E-state index contributed by atoms with van der Waals surface area (Å²) in [4.78, 5) is 11.9. The van der Waals surface area contributed by atoms with Gasteiger partial charge in [-0.2, -0.15) is 0 Å². The van der Waals surface area contributed by atoms with Crippen molar-refractivity contribution in [3.05, 3.63) is 0 Å². The second-order valence-corrected chi connectivity index (χ2v) is 4.25. The summed E-state index contributed by atoms with van der Waals surface area (Å²) in [6.45, 7) is 7.96. The second-order valence-electron chi connectivity index (χ2n) is 4.25. The van der Waals surface area contributed by atoms with Crippen LogP contribution in [0.2, 0.25) is 0 Å². The lowest BCUT2D eigenvalue weighted by Gasteiger charge is -2.23. The standard InChI is InChI=1S/C11H23N3O2/c1-5-8(10(12)14-16)11(15)13-9(6-2)7(3)4/h7-9,16H,5-6H2,1-4H3,(H2,12,14)(H,13,15). The van der Waals surface area contributed by atoms with Gasteiger partial charge in [-0.3, -0.25) is 4.79 Å². The van der Waals surface area contributed by atoms with Crippen molar-refractivity contribution in [3.63, 3.8) is 0 Å². The van der Waals surface area contributed by atoms with Gasteiger partial charge in [0.1, 0.15) is 0 Å². The maximum absolute atomic E-state index is 11.9. The Bertz CT molecular complexity index is 252. The van der Waals surface area contributed by atoms with Crippen LogP contribution in [0.15, 0.2) is 5.16 Å². The predicted octanol–water partition coefficient (Wildman–Crippen LogP) is 1.31. The van der Waals surface area contributed by atoms with Crippen LogP contribution in [-0.4, -0.2) is 23.0 Å². The number of rotatable bonds is 6. The summed E-state index contributed by atoms with van der Waals surface area (Å²) >= 11 is 0. The SMILES string of the molecule is CCC(C(=O)NC(CC)C(C)C)C(N)=NO. The first-order valence-electron chi connectivity index (χ1n) is 5.75. The zero-order chi connectivity index (χ0) is 12.7.